The molecule has 5 nitrogen and oxygen atoms in total. The van der Waals surface area contributed by atoms with E-state index < -0.39 is 11.4 Å². The van der Waals surface area contributed by atoms with Crippen LogP contribution in [-0.4, -0.2) is 34.2 Å². The summed E-state index contributed by atoms with van der Waals surface area (Å²) in [4.78, 5) is 0. The number of hydrogen-bond donors (Lipinski definition) is 1. The van der Waals surface area contributed by atoms with E-state index in [1.165, 1.54) is 0 Å². The molecule has 3 unspecified atom stereocenters. The van der Waals surface area contributed by atoms with Crippen molar-refractivity contribution in [3.8, 4) is 5.75 Å². The van der Waals surface area contributed by atoms with Gasteiger partial charge in [-0.3, -0.25) is 4.55 Å². The highest BCUT2D eigenvalue weighted by Gasteiger charge is 2.25. The van der Waals surface area contributed by atoms with E-state index in [0.717, 1.165) is 37.2 Å². The second kappa shape index (κ2) is 4.97. The van der Waals surface area contributed by atoms with E-state index in [-0.39, 0.29) is 12.2 Å². The Bertz CT molecular complexity index is 435. The van der Waals surface area contributed by atoms with Gasteiger partial charge < -0.3 is 13.7 Å². The first-order valence-corrected chi connectivity index (χ1v) is 6.87. The normalized spacial score (nSPS) is 26.7. The monoisotopic (exact) mass is 270 g/mol. The Morgan fingerprint density at radius 3 is 2.06 bits per heavy atom. The Balaban J connectivity index is 1.79. The quantitative estimate of drug-likeness (QED) is 0.618. The van der Waals surface area contributed by atoms with Crippen LogP contribution in [0.2, 0.25) is 0 Å². The molecule has 3 rings (SSSR count). The summed E-state index contributed by atoms with van der Waals surface area (Å²) in [6.07, 6.45) is 2.19. The average Bonchev–Trinajstić information content (AvgIpc) is 3.12. The zero-order valence-corrected chi connectivity index (χ0v) is 10.5. The van der Waals surface area contributed by atoms with Crippen LogP contribution < -0.4 is 4.18 Å². The van der Waals surface area contributed by atoms with Gasteiger partial charge in [-0.15, -0.1) is 0 Å². The topological polar surface area (TPSA) is 71.6 Å². The fourth-order valence-corrected chi connectivity index (χ4v) is 2.25. The van der Waals surface area contributed by atoms with E-state index in [2.05, 4.69) is 6.07 Å². The van der Waals surface area contributed by atoms with Crippen LogP contribution in [0.4, 0.5) is 0 Å². The number of ether oxygens (including phenoxy) is 2. The summed E-state index contributed by atoms with van der Waals surface area (Å²) < 4.78 is 34.7. The Morgan fingerprint density at radius 1 is 1.17 bits per heavy atom. The molecule has 2 heterocycles. The molecule has 1 N–H and O–H groups in total. The van der Waals surface area contributed by atoms with E-state index >= 15 is 0 Å². The summed E-state index contributed by atoms with van der Waals surface area (Å²) >= 11 is -2.29. The molecule has 1 aromatic carbocycles. The molecular formula is C12H14O5S. The highest BCUT2D eigenvalue weighted by molar-refractivity contribution is 7.74. The molecule has 2 aliphatic heterocycles. The predicted octanol–water partition coefficient (Wildman–Crippen LogP) is 1.08. The lowest BCUT2D eigenvalue weighted by Crippen LogP contribution is -2.02. The van der Waals surface area contributed by atoms with Crippen LogP contribution in [0.3, 0.4) is 0 Å². The van der Waals surface area contributed by atoms with Gasteiger partial charge >= 0.3 is 11.4 Å². The molecule has 0 aliphatic carbocycles. The van der Waals surface area contributed by atoms with E-state index in [9.17, 15) is 4.21 Å². The third kappa shape index (κ3) is 3.52. The third-order valence-corrected chi connectivity index (χ3v) is 3.26. The van der Waals surface area contributed by atoms with Crippen molar-refractivity contribution in [2.45, 2.75) is 25.0 Å². The maximum Gasteiger partial charge on any atom is 0.357 e. The lowest BCUT2D eigenvalue weighted by molar-refractivity contribution is 0.405. The number of rotatable bonds is 6. The molecule has 0 amide bonds. The first kappa shape index (κ1) is 12.1. The van der Waals surface area contributed by atoms with Gasteiger partial charge in [0, 0.05) is 12.8 Å². The van der Waals surface area contributed by atoms with Crippen molar-refractivity contribution in [3.63, 3.8) is 0 Å². The Kier molecular flexibility index (Phi) is 3.34. The minimum Gasteiger partial charge on any atom is -0.380 e. The largest absolute Gasteiger partial charge is 0.380 e. The molecule has 3 atom stereocenters. The van der Waals surface area contributed by atoms with Crippen molar-refractivity contribution in [3.05, 3.63) is 29.3 Å². The van der Waals surface area contributed by atoms with Gasteiger partial charge in [-0.25, -0.2) is 0 Å². The fourth-order valence-electron chi connectivity index (χ4n) is 1.99. The molecule has 98 valence electrons. The van der Waals surface area contributed by atoms with Crippen LogP contribution in [0.5, 0.6) is 5.75 Å². The van der Waals surface area contributed by atoms with E-state index in [0.29, 0.717) is 5.75 Å². The molecule has 0 aromatic heterocycles. The first-order chi connectivity index (χ1) is 8.69. The van der Waals surface area contributed by atoms with Gasteiger partial charge in [-0.1, -0.05) is 6.07 Å². The molecule has 0 spiro atoms. The van der Waals surface area contributed by atoms with E-state index in [1.54, 1.807) is 12.1 Å². The molecular weight excluding hydrogens is 256 g/mol. The van der Waals surface area contributed by atoms with Gasteiger partial charge in [0.05, 0.1) is 25.4 Å². The summed E-state index contributed by atoms with van der Waals surface area (Å²) in [6.45, 7) is 1.58. The number of benzene rings is 1. The highest BCUT2D eigenvalue weighted by Crippen LogP contribution is 2.25. The van der Waals surface area contributed by atoms with Crippen molar-refractivity contribution < 1.29 is 22.4 Å². The van der Waals surface area contributed by atoms with Gasteiger partial charge in [-0.05, 0) is 23.3 Å². The number of hydrogen-bond acceptors (Lipinski definition) is 4. The summed E-state index contributed by atoms with van der Waals surface area (Å²) in [5, 5.41) is 0. The van der Waals surface area contributed by atoms with Gasteiger partial charge in [0.2, 0.25) is 0 Å². The van der Waals surface area contributed by atoms with Crippen molar-refractivity contribution >= 4 is 11.4 Å². The summed E-state index contributed by atoms with van der Waals surface area (Å²) in [6, 6.07) is 5.65. The zero-order valence-electron chi connectivity index (χ0n) is 9.70. The third-order valence-electron chi connectivity index (χ3n) is 2.93. The van der Waals surface area contributed by atoms with Crippen LogP contribution in [0.1, 0.15) is 11.1 Å². The molecule has 2 fully saturated rings. The Hall–Kier alpha value is -0.950. The zero-order chi connectivity index (χ0) is 12.5. The first-order valence-electron chi connectivity index (χ1n) is 5.84. The van der Waals surface area contributed by atoms with Crippen molar-refractivity contribution in [2.24, 2.45) is 0 Å². The summed E-state index contributed by atoms with van der Waals surface area (Å²) in [5.41, 5.74) is 2.13. The maximum absolute atomic E-state index is 10.7. The average molecular weight is 270 g/mol. The lowest BCUT2D eigenvalue weighted by Gasteiger charge is -2.07. The summed E-state index contributed by atoms with van der Waals surface area (Å²) in [5.74, 6) is 0.421. The van der Waals surface area contributed by atoms with Crippen LogP contribution in [0, 0.1) is 0 Å². The van der Waals surface area contributed by atoms with Crippen molar-refractivity contribution in [1.29, 1.82) is 0 Å². The van der Waals surface area contributed by atoms with Crippen molar-refractivity contribution in [2.75, 3.05) is 13.2 Å². The second-order valence-corrected chi connectivity index (χ2v) is 5.21. The molecule has 0 radical (unpaired) electrons. The SMILES string of the molecule is O=S(O)Oc1cc(CC2CO2)cc(CC2CO2)c1. The molecule has 6 heteroatoms. The molecule has 1 aromatic rings. The minimum atomic E-state index is -2.29. The highest BCUT2D eigenvalue weighted by atomic mass is 32.2. The minimum absolute atomic E-state index is 0.282. The number of epoxide rings is 2. The van der Waals surface area contributed by atoms with Gasteiger partial charge in [0.25, 0.3) is 0 Å². The molecule has 2 saturated heterocycles. The second-order valence-electron chi connectivity index (χ2n) is 4.60. The molecule has 18 heavy (non-hydrogen) atoms. The Labute approximate surface area is 108 Å². The smallest absolute Gasteiger partial charge is 0.357 e. The predicted molar refractivity (Wildman–Crippen MR) is 64.7 cm³/mol. The summed E-state index contributed by atoms with van der Waals surface area (Å²) in [7, 11) is 0. The molecule has 0 bridgehead atoms. The Morgan fingerprint density at radius 2 is 1.67 bits per heavy atom. The molecule has 0 saturated carbocycles. The van der Waals surface area contributed by atoms with Crippen LogP contribution in [0.15, 0.2) is 18.2 Å². The van der Waals surface area contributed by atoms with Gasteiger partial charge in [-0.2, -0.15) is 4.21 Å². The van der Waals surface area contributed by atoms with Gasteiger partial charge in [0.1, 0.15) is 5.75 Å². The fraction of sp³-hybridized carbons (Fsp3) is 0.500. The van der Waals surface area contributed by atoms with Gasteiger partial charge in [0.15, 0.2) is 0 Å². The van der Waals surface area contributed by atoms with E-state index in [1.807, 2.05) is 0 Å². The van der Waals surface area contributed by atoms with E-state index in [4.69, 9.17) is 18.2 Å². The standard InChI is InChI=1S/C12H14O5S/c13-18(14)17-10-2-8(4-11-6-15-11)1-9(3-10)5-12-7-16-12/h1-3,11-12H,4-7H2,(H,13,14). The maximum atomic E-state index is 10.7. The van der Waals surface area contributed by atoms with Crippen LogP contribution in [-0.2, 0) is 33.7 Å². The molecule has 2 aliphatic rings. The van der Waals surface area contributed by atoms with Crippen molar-refractivity contribution in [1.82, 2.24) is 0 Å². The van der Waals surface area contributed by atoms with Crippen LogP contribution in [0.25, 0.3) is 0 Å². The van der Waals surface area contributed by atoms with Crippen LogP contribution >= 0.6 is 0 Å². The lowest BCUT2D eigenvalue weighted by atomic mass is 10.0.